The van der Waals surface area contributed by atoms with Crippen LogP contribution in [0.4, 0.5) is 0 Å². The first-order valence-corrected chi connectivity index (χ1v) is 11.4. The lowest BCUT2D eigenvalue weighted by Gasteiger charge is -2.58. The van der Waals surface area contributed by atoms with Crippen LogP contribution in [-0.4, -0.2) is 43.1 Å². The molecule has 1 heterocycles. The summed E-state index contributed by atoms with van der Waals surface area (Å²) in [5, 5.41) is 0. The van der Waals surface area contributed by atoms with Gasteiger partial charge in [-0.1, -0.05) is 12.5 Å². The topological polar surface area (TPSA) is 78.9 Å². The Morgan fingerprint density at radius 2 is 1.93 bits per heavy atom. The van der Waals surface area contributed by atoms with Crippen LogP contribution in [0.25, 0.3) is 0 Å². The van der Waals surface area contributed by atoms with E-state index >= 15 is 0 Å². The normalized spacial score (nSPS) is 46.5. The van der Waals surface area contributed by atoms with Gasteiger partial charge < -0.3 is 14.2 Å². The number of carbonyl (C=O) groups is 3. The summed E-state index contributed by atoms with van der Waals surface area (Å²) in [5.74, 6) is 0.383. The predicted molar refractivity (Wildman–Crippen MR) is 107 cm³/mol. The van der Waals surface area contributed by atoms with Gasteiger partial charge in [-0.3, -0.25) is 14.4 Å². The minimum atomic E-state index is -0.409. The molecule has 0 aromatic rings. The van der Waals surface area contributed by atoms with Gasteiger partial charge in [0.2, 0.25) is 0 Å². The van der Waals surface area contributed by atoms with Gasteiger partial charge >= 0.3 is 5.97 Å². The number of rotatable bonds is 4. The standard InChI is InChI=1S/C24H32O6/c1-14(25)29-13-18(27)17-4-5-19-22(17,2)9-8-20-23-10-7-16(26)12-15(23)6-11-24(19,20)30-21(23)28-3/h12,17,19-21H,4-11,13H2,1-3H3/t17-,19-,20-,21+,22-,23-,24-/m0/s1. The van der Waals surface area contributed by atoms with Crippen LogP contribution in [0.3, 0.4) is 0 Å². The molecule has 5 rings (SSSR count). The quantitative estimate of drug-likeness (QED) is 0.654. The molecule has 1 saturated heterocycles. The average Bonchev–Trinajstić information content (AvgIpc) is 3.16. The zero-order valence-electron chi connectivity index (χ0n) is 18.2. The van der Waals surface area contributed by atoms with E-state index in [0.717, 1.165) is 44.9 Å². The minimum Gasteiger partial charge on any atom is -0.458 e. The van der Waals surface area contributed by atoms with Crippen LogP contribution in [0.2, 0.25) is 0 Å². The highest BCUT2D eigenvalue weighted by molar-refractivity contribution is 5.92. The summed E-state index contributed by atoms with van der Waals surface area (Å²) >= 11 is 0. The third kappa shape index (κ3) is 2.46. The molecular formula is C24H32O6. The first kappa shape index (κ1) is 20.4. The van der Waals surface area contributed by atoms with Crippen LogP contribution in [-0.2, 0) is 28.6 Å². The van der Waals surface area contributed by atoms with Gasteiger partial charge in [0.1, 0.15) is 6.61 Å². The zero-order valence-corrected chi connectivity index (χ0v) is 18.2. The number of hydrogen-bond acceptors (Lipinski definition) is 6. The third-order valence-electron chi connectivity index (χ3n) is 9.38. The molecule has 0 aromatic heterocycles. The van der Waals surface area contributed by atoms with E-state index in [1.54, 1.807) is 7.11 Å². The first-order valence-electron chi connectivity index (χ1n) is 11.4. The number of methoxy groups -OCH3 is 1. The van der Waals surface area contributed by atoms with Crippen LogP contribution < -0.4 is 0 Å². The number of fused-ring (bicyclic) bond motifs is 1. The molecule has 5 aliphatic rings. The Morgan fingerprint density at radius 1 is 1.13 bits per heavy atom. The number of Topliss-reactive ketones (excluding diaryl/α,β-unsaturated/α-hetero) is 1. The highest BCUT2D eigenvalue weighted by Crippen LogP contribution is 2.74. The van der Waals surface area contributed by atoms with E-state index in [1.807, 2.05) is 6.08 Å². The van der Waals surface area contributed by atoms with Crippen molar-refractivity contribution in [2.45, 2.75) is 77.1 Å². The lowest BCUT2D eigenvalue weighted by atomic mass is 9.45. The summed E-state index contributed by atoms with van der Waals surface area (Å²) in [6, 6.07) is 0. The van der Waals surface area contributed by atoms with Crippen molar-refractivity contribution in [2.75, 3.05) is 13.7 Å². The van der Waals surface area contributed by atoms with Crippen molar-refractivity contribution in [2.24, 2.45) is 28.6 Å². The van der Waals surface area contributed by atoms with Crippen LogP contribution in [0.5, 0.6) is 0 Å². The van der Waals surface area contributed by atoms with Crippen molar-refractivity contribution in [3.8, 4) is 0 Å². The summed E-state index contributed by atoms with van der Waals surface area (Å²) in [6.45, 7) is 3.46. The second kappa shape index (κ2) is 6.73. The number of ketones is 2. The van der Waals surface area contributed by atoms with Crippen LogP contribution in [0.15, 0.2) is 11.6 Å². The Bertz CT molecular complexity index is 832. The molecular weight excluding hydrogens is 384 g/mol. The summed E-state index contributed by atoms with van der Waals surface area (Å²) < 4.78 is 17.8. The SMILES string of the molecule is CO[C@@H]1O[C@]23CCC4=CC(=O)CC[C@@]41[C@@H]2CC[C@@]1(C)[C@H](C(=O)COC(C)=O)CC[C@@H]13. The van der Waals surface area contributed by atoms with E-state index in [2.05, 4.69) is 6.92 Å². The summed E-state index contributed by atoms with van der Waals surface area (Å²) in [6.07, 6.45) is 8.41. The molecule has 6 heteroatoms. The van der Waals surface area contributed by atoms with Gasteiger partial charge in [0, 0.05) is 37.7 Å². The molecule has 0 aromatic carbocycles. The molecule has 2 bridgehead atoms. The van der Waals surface area contributed by atoms with Crippen molar-refractivity contribution in [3.63, 3.8) is 0 Å². The molecule has 1 aliphatic heterocycles. The van der Waals surface area contributed by atoms with Crippen LogP contribution >= 0.6 is 0 Å². The number of esters is 1. The summed E-state index contributed by atoms with van der Waals surface area (Å²) in [7, 11) is 1.72. The smallest absolute Gasteiger partial charge is 0.303 e. The van der Waals surface area contributed by atoms with Crippen LogP contribution in [0.1, 0.15) is 65.2 Å². The second-order valence-corrected chi connectivity index (χ2v) is 10.3. The van der Waals surface area contributed by atoms with Gasteiger partial charge in [0.15, 0.2) is 17.9 Å². The maximum Gasteiger partial charge on any atom is 0.303 e. The maximum absolute atomic E-state index is 13.0. The van der Waals surface area contributed by atoms with Crippen molar-refractivity contribution >= 4 is 17.5 Å². The molecule has 0 amide bonds. The largest absolute Gasteiger partial charge is 0.458 e. The molecule has 4 fully saturated rings. The molecule has 0 unspecified atom stereocenters. The van der Waals surface area contributed by atoms with Gasteiger partial charge in [-0.25, -0.2) is 0 Å². The molecule has 6 nitrogen and oxygen atoms in total. The first-order chi connectivity index (χ1) is 14.3. The van der Waals surface area contributed by atoms with Gasteiger partial charge in [-0.2, -0.15) is 0 Å². The number of hydrogen-bond donors (Lipinski definition) is 0. The summed E-state index contributed by atoms with van der Waals surface area (Å²) in [4.78, 5) is 36.3. The van der Waals surface area contributed by atoms with E-state index in [9.17, 15) is 14.4 Å². The average molecular weight is 417 g/mol. The number of ether oxygens (including phenoxy) is 3. The molecule has 7 atom stereocenters. The fourth-order valence-electron chi connectivity index (χ4n) is 8.32. The van der Waals surface area contributed by atoms with Crippen LogP contribution in [0, 0.1) is 28.6 Å². The molecule has 4 aliphatic carbocycles. The fraction of sp³-hybridized carbons (Fsp3) is 0.792. The Hall–Kier alpha value is -1.53. The molecule has 0 N–H and O–H groups in total. The molecule has 164 valence electrons. The molecule has 0 radical (unpaired) electrons. The van der Waals surface area contributed by atoms with Gasteiger partial charge in [0.25, 0.3) is 0 Å². The van der Waals surface area contributed by atoms with E-state index in [4.69, 9.17) is 14.2 Å². The minimum absolute atomic E-state index is 0.0423. The maximum atomic E-state index is 13.0. The Kier molecular flexibility index (Phi) is 4.57. The van der Waals surface area contributed by atoms with Crippen molar-refractivity contribution in [1.29, 1.82) is 0 Å². The van der Waals surface area contributed by atoms with Crippen molar-refractivity contribution < 1.29 is 28.6 Å². The highest BCUT2D eigenvalue weighted by atomic mass is 16.7. The van der Waals surface area contributed by atoms with Crippen molar-refractivity contribution in [3.05, 3.63) is 11.6 Å². The van der Waals surface area contributed by atoms with E-state index in [1.165, 1.54) is 12.5 Å². The second-order valence-electron chi connectivity index (χ2n) is 10.3. The number of carbonyl (C=O) groups excluding carboxylic acids is 3. The molecule has 30 heavy (non-hydrogen) atoms. The third-order valence-corrected chi connectivity index (χ3v) is 9.38. The monoisotopic (exact) mass is 416 g/mol. The Labute approximate surface area is 177 Å². The zero-order chi connectivity index (χ0) is 21.3. The van der Waals surface area contributed by atoms with E-state index in [-0.39, 0.29) is 52.7 Å². The predicted octanol–water partition coefficient (Wildman–Crippen LogP) is 3.37. The van der Waals surface area contributed by atoms with Gasteiger partial charge in [-0.05, 0) is 62.4 Å². The lowest BCUT2D eigenvalue weighted by Crippen LogP contribution is -2.59. The van der Waals surface area contributed by atoms with Crippen molar-refractivity contribution in [1.82, 2.24) is 0 Å². The molecule has 1 spiro atoms. The Balaban J connectivity index is 1.50. The van der Waals surface area contributed by atoms with E-state index in [0.29, 0.717) is 12.3 Å². The lowest BCUT2D eigenvalue weighted by molar-refractivity contribution is -0.209. The molecule has 3 saturated carbocycles. The fourth-order valence-corrected chi connectivity index (χ4v) is 8.32. The van der Waals surface area contributed by atoms with Gasteiger partial charge in [0.05, 0.1) is 5.60 Å². The Morgan fingerprint density at radius 3 is 2.67 bits per heavy atom. The highest BCUT2D eigenvalue weighted by Gasteiger charge is 2.74. The summed E-state index contributed by atoms with van der Waals surface area (Å²) in [5.41, 5.74) is 0.598. The van der Waals surface area contributed by atoms with Gasteiger partial charge in [-0.15, -0.1) is 0 Å². The van der Waals surface area contributed by atoms with E-state index < -0.39 is 5.97 Å².